The molecule has 0 aromatic heterocycles. The monoisotopic (exact) mass is 772 g/mol. The zero-order valence-corrected chi connectivity index (χ0v) is 34.8. The number of ether oxygens (including phenoxy) is 4. The Labute approximate surface area is 330 Å². The fourth-order valence-electron chi connectivity index (χ4n) is 7.71. The first-order chi connectivity index (χ1) is 26.4. The molecule has 1 N–H and O–H groups in total. The normalized spacial score (nSPS) is 22.2. The third kappa shape index (κ3) is 12.8. The number of carbonyl (C=O) groups is 2. The van der Waals surface area contributed by atoms with Gasteiger partial charge in [0, 0.05) is 18.9 Å². The Balaban J connectivity index is 1.27. The van der Waals surface area contributed by atoms with Gasteiger partial charge in [-0.25, -0.2) is 9.59 Å². The minimum atomic E-state index is -2.23. The van der Waals surface area contributed by atoms with Crippen LogP contribution in [0.5, 0.6) is 5.75 Å². The number of unbranched alkanes of at least 4 members (excludes halogenated alkanes) is 3. The largest absolute Gasteiger partial charge is 0.494 e. The van der Waals surface area contributed by atoms with E-state index in [1.807, 2.05) is 72.8 Å². The molecule has 9 heteroatoms. The lowest BCUT2D eigenvalue weighted by atomic mass is 9.85. The molecule has 5 rings (SSSR count). The number of rotatable bonds is 20. The van der Waals surface area contributed by atoms with Gasteiger partial charge < -0.3 is 28.5 Å². The van der Waals surface area contributed by atoms with Gasteiger partial charge in [0.25, 0.3) is 0 Å². The second-order valence-electron chi connectivity index (χ2n) is 16.9. The summed E-state index contributed by atoms with van der Waals surface area (Å²) < 4.78 is 31.5. The topological polar surface area (TPSA) is 101 Å². The lowest BCUT2D eigenvalue weighted by Gasteiger charge is -2.38. The van der Waals surface area contributed by atoms with Crippen LogP contribution >= 0.6 is 0 Å². The van der Waals surface area contributed by atoms with Crippen LogP contribution in [0.2, 0.25) is 18.1 Å². The molecular formula is C46H64O8Si. The van der Waals surface area contributed by atoms with Crippen LogP contribution in [0.15, 0.2) is 84.9 Å². The van der Waals surface area contributed by atoms with E-state index in [2.05, 4.69) is 46.0 Å². The van der Waals surface area contributed by atoms with Crippen molar-refractivity contribution >= 4 is 20.3 Å². The molecule has 1 saturated carbocycles. The quantitative estimate of drug-likeness (QED) is 0.0688. The van der Waals surface area contributed by atoms with Crippen LogP contribution in [0.25, 0.3) is 11.1 Å². The predicted octanol–water partition coefficient (Wildman–Crippen LogP) is 11.1. The molecule has 55 heavy (non-hydrogen) atoms. The standard InChI is InChI=1S/C46H64O8Si/c1-46(2,3)55(4,5)54-40(44(47)48)25-14-8-13-23-39-38(24-15-17-31-50-37-21-11-7-12-22-37)41(52-43-26-16-18-32-51-43)33-42(39)53-45(49)36-29-27-35(28-30-36)34-19-9-6-10-20-34/h6-7,9-12,19-22,27-30,38-43H,8,13-18,23-26,31-33H2,1-5H3,(H,47,48)/t38-,39-,40?,41?,42+,43?/m1/s1. The Hall–Kier alpha value is -3.50. The van der Waals surface area contributed by atoms with Crippen LogP contribution in [-0.4, -0.2) is 63.2 Å². The molecule has 1 aliphatic carbocycles. The van der Waals surface area contributed by atoms with Gasteiger partial charge in [0.05, 0.1) is 18.3 Å². The van der Waals surface area contributed by atoms with Crippen molar-refractivity contribution in [2.75, 3.05) is 13.2 Å². The molecule has 3 aromatic rings. The van der Waals surface area contributed by atoms with Crippen molar-refractivity contribution in [3.05, 3.63) is 90.5 Å². The van der Waals surface area contributed by atoms with Crippen LogP contribution in [0.3, 0.4) is 0 Å². The molecule has 2 aliphatic rings. The van der Waals surface area contributed by atoms with E-state index in [0.717, 1.165) is 81.1 Å². The van der Waals surface area contributed by atoms with Gasteiger partial charge in [-0.3, -0.25) is 0 Å². The van der Waals surface area contributed by atoms with E-state index < -0.39 is 20.4 Å². The maximum Gasteiger partial charge on any atom is 0.338 e. The molecular weight excluding hydrogens is 709 g/mol. The fourth-order valence-corrected chi connectivity index (χ4v) is 8.99. The predicted molar refractivity (Wildman–Crippen MR) is 220 cm³/mol. The average molecular weight is 773 g/mol. The summed E-state index contributed by atoms with van der Waals surface area (Å²) >= 11 is 0. The summed E-state index contributed by atoms with van der Waals surface area (Å²) in [6, 6.07) is 27.7. The summed E-state index contributed by atoms with van der Waals surface area (Å²) in [6.45, 7) is 11.9. The van der Waals surface area contributed by atoms with Gasteiger partial charge in [-0.05, 0) is 111 Å². The van der Waals surface area contributed by atoms with Crippen LogP contribution < -0.4 is 4.74 Å². The number of aliphatic carboxylic acids is 1. The Kier molecular flexibility index (Phi) is 16.0. The molecule has 2 fully saturated rings. The van der Waals surface area contributed by atoms with E-state index >= 15 is 0 Å². The lowest BCUT2D eigenvalue weighted by Crippen LogP contribution is -2.46. The Bertz CT molecular complexity index is 1580. The van der Waals surface area contributed by atoms with Crippen molar-refractivity contribution < 1.29 is 38.1 Å². The molecule has 6 atom stereocenters. The number of benzene rings is 3. The van der Waals surface area contributed by atoms with Crippen LogP contribution in [0.4, 0.5) is 0 Å². The van der Waals surface area contributed by atoms with E-state index in [1.165, 1.54) is 0 Å². The summed E-state index contributed by atoms with van der Waals surface area (Å²) in [6.07, 6.45) is 8.90. The van der Waals surface area contributed by atoms with Crippen molar-refractivity contribution in [1.82, 2.24) is 0 Å². The van der Waals surface area contributed by atoms with Gasteiger partial charge >= 0.3 is 11.9 Å². The zero-order valence-electron chi connectivity index (χ0n) is 33.8. The van der Waals surface area contributed by atoms with Gasteiger partial charge in [-0.15, -0.1) is 0 Å². The van der Waals surface area contributed by atoms with Crippen LogP contribution in [0, 0.1) is 11.8 Å². The number of esters is 1. The van der Waals surface area contributed by atoms with E-state index in [-0.39, 0.29) is 41.3 Å². The first-order valence-corrected chi connectivity index (χ1v) is 23.5. The second-order valence-corrected chi connectivity index (χ2v) is 21.7. The number of para-hydroxylation sites is 1. The number of hydrogen-bond acceptors (Lipinski definition) is 7. The molecule has 0 spiro atoms. The van der Waals surface area contributed by atoms with Crippen molar-refractivity contribution in [2.24, 2.45) is 11.8 Å². The van der Waals surface area contributed by atoms with Gasteiger partial charge in [0.15, 0.2) is 14.6 Å². The van der Waals surface area contributed by atoms with E-state index in [0.29, 0.717) is 31.6 Å². The van der Waals surface area contributed by atoms with E-state index in [9.17, 15) is 14.7 Å². The molecule has 0 radical (unpaired) electrons. The summed E-state index contributed by atoms with van der Waals surface area (Å²) in [7, 11) is -2.23. The third-order valence-corrected chi connectivity index (χ3v) is 16.4. The van der Waals surface area contributed by atoms with Crippen LogP contribution in [-0.2, 0) is 23.4 Å². The van der Waals surface area contributed by atoms with Gasteiger partial charge in [-0.2, -0.15) is 0 Å². The van der Waals surface area contributed by atoms with Crippen molar-refractivity contribution in [2.45, 2.75) is 141 Å². The molecule has 300 valence electrons. The number of carboxylic acids is 1. The van der Waals surface area contributed by atoms with Gasteiger partial charge in [0.1, 0.15) is 18.0 Å². The zero-order chi connectivity index (χ0) is 39.3. The molecule has 1 saturated heterocycles. The third-order valence-electron chi connectivity index (χ3n) is 11.9. The molecule has 1 aliphatic heterocycles. The average Bonchev–Trinajstić information content (AvgIpc) is 3.48. The molecule has 3 aromatic carbocycles. The number of hydrogen-bond donors (Lipinski definition) is 1. The molecule has 1 heterocycles. The summed E-state index contributed by atoms with van der Waals surface area (Å²) in [5, 5.41) is 9.95. The maximum absolute atomic E-state index is 13.8. The SMILES string of the molecule is CC(C)(C)[Si](C)(C)OC(CCCCC[C@H]1[C@@H](OC(=O)c2ccc(-c3ccccc3)cc2)CC(OC2CCCCO2)[C@@H]1CCCCOc1ccccc1)C(=O)O. The van der Waals surface area contributed by atoms with E-state index in [4.69, 9.17) is 23.4 Å². The Morgan fingerprint density at radius 1 is 0.800 bits per heavy atom. The first kappa shape index (κ1) is 42.6. The van der Waals surface area contributed by atoms with Gasteiger partial charge in [-0.1, -0.05) is 101 Å². The molecule has 0 bridgehead atoms. The highest BCUT2D eigenvalue weighted by molar-refractivity contribution is 6.74. The molecule has 0 amide bonds. The fraction of sp³-hybridized carbons (Fsp3) is 0.565. The van der Waals surface area contributed by atoms with Crippen molar-refractivity contribution in [3.63, 3.8) is 0 Å². The highest BCUT2D eigenvalue weighted by Crippen LogP contribution is 2.44. The number of carbonyl (C=O) groups excluding carboxylic acids is 1. The maximum atomic E-state index is 13.8. The summed E-state index contributed by atoms with van der Waals surface area (Å²) in [5.41, 5.74) is 2.68. The number of carboxylic acid groups (broad SMARTS) is 1. The summed E-state index contributed by atoms with van der Waals surface area (Å²) in [4.78, 5) is 26.0. The van der Waals surface area contributed by atoms with E-state index in [1.54, 1.807) is 0 Å². The smallest absolute Gasteiger partial charge is 0.338 e. The van der Waals surface area contributed by atoms with Crippen molar-refractivity contribution in [1.29, 1.82) is 0 Å². The first-order valence-electron chi connectivity index (χ1n) is 20.6. The minimum Gasteiger partial charge on any atom is -0.494 e. The Morgan fingerprint density at radius 3 is 2.07 bits per heavy atom. The highest BCUT2D eigenvalue weighted by atomic mass is 28.4. The lowest BCUT2D eigenvalue weighted by molar-refractivity contribution is -0.196. The highest BCUT2D eigenvalue weighted by Gasteiger charge is 2.46. The molecule has 8 nitrogen and oxygen atoms in total. The van der Waals surface area contributed by atoms with Crippen molar-refractivity contribution in [3.8, 4) is 16.9 Å². The second kappa shape index (κ2) is 20.6. The Morgan fingerprint density at radius 2 is 1.44 bits per heavy atom. The molecule has 3 unspecified atom stereocenters. The van der Waals surface area contributed by atoms with Gasteiger partial charge in [0.2, 0.25) is 0 Å². The minimum absolute atomic E-state index is 0.0660. The van der Waals surface area contributed by atoms with Crippen LogP contribution in [0.1, 0.15) is 108 Å². The summed E-state index contributed by atoms with van der Waals surface area (Å²) in [5.74, 6) is -0.0264.